The Balaban J connectivity index is 2.83. The highest BCUT2D eigenvalue weighted by Crippen LogP contribution is 1.91. The van der Waals surface area contributed by atoms with E-state index in [1.54, 1.807) is 0 Å². The van der Waals surface area contributed by atoms with Gasteiger partial charge in [-0.2, -0.15) is 0 Å². The molecule has 0 spiro atoms. The average molecular weight is 110 g/mol. The Morgan fingerprint density at radius 1 is 1.83 bits per heavy atom. The third-order valence-electron chi connectivity index (χ3n) is 0.109. The molecule has 0 aliphatic carbocycles. The normalized spacial score (nSPS) is 7.50. The first kappa shape index (κ1) is 5.58. The molecule has 0 aliphatic rings. The maximum atomic E-state index is 9.20. The van der Waals surface area contributed by atoms with E-state index < -0.39 is 6.16 Å². The van der Waals surface area contributed by atoms with Crippen LogP contribution >= 0.6 is 12.3 Å². The van der Waals surface area contributed by atoms with Crippen LogP contribution in [0.5, 0.6) is 0 Å². The van der Waals surface area contributed by atoms with E-state index in [9.17, 15) is 4.79 Å². The molecule has 36 valence electrons. The third-order valence-corrected chi connectivity index (χ3v) is 0.326. The van der Waals surface area contributed by atoms with Gasteiger partial charge < -0.3 is 9.29 Å². The molecule has 0 saturated heterocycles. The minimum Gasteiger partial charge on any atom is -0.449 e. The molecule has 2 N–H and O–H groups in total. The summed E-state index contributed by atoms with van der Waals surface area (Å²) in [5.74, 6) is 0. The van der Waals surface area contributed by atoms with Gasteiger partial charge in [0, 0.05) is 0 Å². The zero-order valence-corrected chi connectivity index (χ0v) is 3.44. The fraction of sp³-hybridized carbons (Fsp3) is 0. The molecule has 0 heterocycles. The van der Waals surface area contributed by atoms with Crippen molar-refractivity contribution < 1.29 is 18.6 Å². The van der Waals surface area contributed by atoms with Crippen molar-refractivity contribution in [3.63, 3.8) is 0 Å². The van der Waals surface area contributed by atoms with Crippen molar-refractivity contribution in [3.05, 3.63) is 0 Å². The van der Waals surface area contributed by atoms with E-state index in [-0.39, 0.29) is 12.3 Å². The molecule has 0 bridgehead atoms. The fourth-order valence-corrected chi connectivity index (χ4v) is 0.0956. The Kier molecular flexibility index (Phi) is 2.60. The molecule has 5 heteroatoms. The molecule has 0 radical (unpaired) electrons. The average Bonchev–Trinajstić information content (AvgIpc) is 1.35. The summed E-state index contributed by atoms with van der Waals surface area (Å²) in [7, 11) is 0. The number of rotatable bonds is 1. The van der Waals surface area contributed by atoms with Crippen molar-refractivity contribution in [2.24, 2.45) is 0 Å². The zero-order chi connectivity index (χ0) is 4.99. The predicted molar refractivity (Wildman–Crippen MR) is 19.3 cm³/mol. The Morgan fingerprint density at radius 2 is 2.33 bits per heavy atom. The van der Waals surface area contributed by atoms with Crippen molar-refractivity contribution in [1.82, 2.24) is 0 Å². The second kappa shape index (κ2) is 2.80. The highest BCUT2D eigenvalue weighted by atomic mass is 32.2. The molecular formula is CH2O4S. The van der Waals surface area contributed by atoms with Gasteiger partial charge in [0.05, 0.1) is 0 Å². The van der Waals surface area contributed by atoms with Gasteiger partial charge >= 0.3 is 6.16 Å². The molecule has 0 saturated carbocycles. The van der Waals surface area contributed by atoms with Gasteiger partial charge in [0.1, 0.15) is 0 Å². The molecule has 0 fully saturated rings. The zero-order valence-electron chi connectivity index (χ0n) is 2.62. The van der Waals surface area contributed by atoms with Crippen LogP contribution in [0.1, 0.15) is 0 Å². The summed E-state index contributed by atoms with van der Waals surface area (Å²) in [5, 5.41) is 7.51. The summed E-state index contributed by atoms with van der Waals surface area (Å²) in [6, 6.07) is 0. The number of hydrogen-bond acceptors (Lipinski definition) is 4. The van der Waals surface area contributed by atoms with Crippen LogP contribution < -0.4 is 0 Å². The summed E-state index contributed by atoms with van der Waals surface area (Å²) < 4.78 is 11.0. The highest BCUT2D eigenvalue weighted by Gasteiger charge is 1.90. The van der Waals surface area contributed by atoms with Gasteiger partial charge in [0.2, 0.25) is 12.3 Å². The molecule has 0 aromatic rings. The summed E-state index contributed by atoms with van der Waals surface area (Å²) in [5.41, 5.74) is 0. The van der Waals surface area contributed by atoms with Crippen LogP contribution in [0.25, 0.3) is 0 Å². The van der Waals surface area contributed by atoms with Crippen molar-refractivity contribution in [1.29, 1.82) is 0 Å². The highest BCUT2D eigenvalue weighted by molar-refractivity contribution is 7.89. The van der Waals surface area contributed by atoms with E-state index in [0.29, 0.717) is 0 Å². The van der Waals surface area contributed by atoms with E-state index in [4.69, 9.17) is 9.66 Å². The van der Waals surface area contributed by atoms with Crippen LogP contribution in [0.2, 0.25) is 0 Å². The van der Waals surface area contributed by atoms with Gasteiger partial charge in [0.15, 0.2) is 0 Å². The second-order valence-electron chi connectivity index (χ2n) is 0.424. The van der Waals surface area contributed by atoms with Gasteiger partial charge in [-0.3, -0.25) is 4.55 Å². The largest absolute Gasteiger partial charge is 0.520 e. The van der Waals surface area contributed by atoms with Crippen LogP contribution in [-0.4, -0.2) is 15.8 Å². The first-order valence-electron chi connectivity index (χ1n) is 0.981. The summed E-state index contributed by atoms with van der Waals surface area (Å²) >= 11 is -0.190. The summed E-state index contributed by atoms with van der Waals surface area (Å²) in [6.45, 7) is 0. The standard InChI is InChI=1S/CH2O4S/c2-1(3)5-6-4/h4H,(H,2,3). The maximum Gasteiger partial charge on any atom is 0.520 e. The first-order chi connectivity index (χ1) is 2.77. The van der Waals surface area contributed by atoms with E-state index in [1.165, 1.54) is 0 Å². The molecule has 6 heavy (non-hydrogen) atoms. The van der Waals surface area contributed by atoms with Gasteiger partial charge in [-0.1, -0.05) is 0 Å². The van der Waals surface area contributed by atoms with Crippen LogP contribution in [0.4, 0.5) is 4.79 Å². The minimum absolute atomic E-state index is 0.190. The molecule has 0 atom stereocenters. The third kappa shape index (κ3) is 3.58. The monoisotopic (exact) mass is 110 g/mol. The molecule has 0 aliphatic heterocycles. The molecule has 0 aromatic heterocycles. The lowest BCUT2D eigenvalue weighted by molar-refractivity contribution is 0.150. The van der Waals surface area contributed by atoms with Crippen molar-refractivity contribution >= 4 is 18.5 Å². The lowest BCUT2D eigenvalue weighted by Crippen LogP contribution is -1.89. The smallest absolute Gasteiger partial charge is 0.449 e. The Hall–Kier alpha value is -0.420. The van der Waals surface area contributed by atoms with E-state index in [2.05, 4.69) is 4.18 Å². The molecule has 0 rings (SSSR count). The Bertz CT molecular complexity index is 51.5. The Labute approximate surface area is 38.1 Å². The lowest BCUT2D eigenvalue weighted by Gasteiger charge is -1.82. The predicted octanol–water partition coefficient (Wildman–Crippen LogP) is 0.802. The molecule has 0 aromatic carbocycles. The molecule has 4 nitrogen and oxygen atoms in total. The minimum atomic E-state index is -1.50. The van der Waals surface area contributed by atoms with Gasteiger partial charge in [0.25, 0.3) is 0 Å². The van der Waals surface area contributed by atoms with Crippen molar-refractivity contribution in [3.8, 4) is 0 Å². The first-order valence-corrected chi connectivity index (χ1v) is 1.68. The topological polar surface area (TPSA) is 66.8 Å². The van der Waals surface area contributed by atoms with Crippen molar-refractivity contribution in [2.75, 3.05) is 0 Å². The Morgan fingerprint density at radius 3 is 2.33 bits per heavy atom. The van der Waals surface area contributed by atoms with Crippen molar-refractivity contribution in [2.45, 2.75) is 0 Å². The van der Waals surface area contributed by atoms with Crippen LogP contribution in [0, 0.1) is 0 Å². The van der Waals surface area contributed by atoms with E-state index in [1.807, 2.05) is 0 Å². The van der Waals surface area contributed by atoms with E-state index in [0.717, 1.165) is 0 Å². The van der Waals surface area contributed by atoms with Gasteiger partial charge in [-0.15, -0.1) is 0 Å². The molecule has 0 amide bonds. The van der Waals surface area contributed by atoms with Gasteiger partial charge in [-0.25, -0.2) is 4.79 Å². The summed E-state index contributed by atoms with van der Waals surface area (Å²) in [6.07, 6.45) is -1.50. The molecular weight excluding hydrogens is 108 g/mol. The number of carboxylic acid groups (broad SMARTS) is 1. The quantitative estimate of drug-likeness (QED) is 0.489. The fourth-order valence-electron chi connectivity index (χ4n) is 0.0319. The summed E-state index contributed by atoms with van der Waals surface area (Å²) in [4.78, 5) is 9.20. The van der Waals surface area contributed by atoms with Crippen LogP contribution in [0.3, 0.4) is 0 Å². The number of carbonyl (C=O) groups is 1. The molecule has 0 unspecified atom stereocenters. The maximum absolute atomic E-state index is 9.20. The van der Waals surface area contributed by atoms with Gasteiger partial charge in [-0.05, 0) is 0 Å². The second-order valence-corrected chi connectivity index (χ2v) is 0.740. The number of hydrogen-bond donors (Lipinski definition) is 2. The van der Waals surface area contributed by atoms with Crippen LogP contribution in [-0.2, 0) is 4.18 Å². The van der Waals surface area contributed by atoms with E-state index >= 15 is 0 Å². The SMILES string of the molecule is O=C(O)OSO. The lowest BCUT2D eigenvalue weighted by atomic mass is 11.5. The van der Waals surface area contributed by atoms with Crippen LogP contribution in [0.15, 0.2) is 0 Å².